The summed E-state index contributed by atoms with van der Waals surface area (Å²) >= 11 is -1.44. The van der Waals surface area contributed by atoms with Crippen LogP contribution in [-0.4, -0.2) is 107 Å². The molecule has 4 aromatic carbocycles. The van der Waals surface area contributed by atoms with E-state index in [1.807, 2.05) is 66.7 Å². The van der Waals surface area contributed by atoms with Crippen molar-refractivity contribution in [1.82, 2.24) is 0 Å². The summed E-state index contributed by atoms with van der Waals surface area (Å²) in [5.41, 5.74) is 9.17. The minimum atomic E-state index is -1.44. The molecule has 0 saturated carbocycles. The number of aryl methyl sites for hydroxylation is 4. The second-order valence-electron chi connectivity index (χ2n) is 11.2. The zero-order valence-corrected chi connectivity index (χ0v) is 32.8. The van der Waals surface area contributed by atoms with Crippen molar-refractivity contribution in [3.63, 3.8) is 0 Å². The van der Waals surface area contributed by atoms with Crippen LogP contribution in [0.25, 0.3) is 12.2 Å². The Kier molecular flexibility index (Phi) is 38.2. The van der Waals surface area contributed by atoms with E-state index in [4.69, 9.17) is 52.6 Å². The number of carbonyl (C=O) groups excluding carboxylic acids is 1. The van der Waals surface area contributed by atoms with Gasteiger partial charge in [0.25, 0.3) is 0 Å². The maximum absolute atomic E-state index is 10.5. The third-order valence-corrected chi connectivity index (χ3v) is 7.60. The van der Waals surface area contributed by atoms with Crippen molar-refractivity contribution >= 4 is 77.6 Å². The second kappa shape index (κ2) is 40.7. The van der Waals surface area contributed by atoms with Gasteiger partial charge >= 0.3 is 22.5 Å². The first-order chi connectivity index (χ1) is 28.0. The molecule has 0 aromatic heterocycles. The second-order valence-corrected chi connectivity index (χ2v) is 11.4. The van der Waals surface area contributed by atoms with Crippen LogP contribution < -0.4 is 0 Å². The first kappa shape index (κ1) is 53.5. The van der Waals surface area contributed by atoms with Crippen LogP contribution in [0.15, 0.2) is 110 Å². The molecule has 0 unspecified atom stereocenters. The molecular weight excluding hydrogens is 746 g/mol. The molecule has 0 saturated heterocycles. The van der Waals surface area contributed by atoms with E-state index in [0.29, 0.717) is 21.9 Å². The molecule has 5 rings (SSSR count). The summed E-state index contributed by atoms with van der Waals surface area (Å²) < 4.78 is 23.2. The molecule has 0 atom stereocenters. The third kappa shape index (κ3) is 30.3. The Hall–Kier alpha value is -3.49. The first-order valence-electron chi connectivity index (χ1n) is 18.3. The van der Waals surface area contributed by atoms with Crippen LogP contribution in [0.3, 0.4) is 0 Å². The van der Waals surface area contributed by atoms with Crippen LogP contribution in [0.4, 0.5) is 0 Å². The number of aliphatic hydroxyl groups is 4. The molecule has 4 N–H and O–H groups in total. The summed E-state index contributed by atoms with van der Waals surface area (Å²) in [4.78, 5) is 10.5. The Morgan fingerprint density at radius 3 is 1.61 bits per heavy atom. The molecule has 0 aliphatic heterocycles. The predicted octanol–water partition coefficient (Wildman–Crippen LogP) is 2.27. The van der Waals surface area contributed by atoms with Gasteiger partial charge in [-0.3, -0.25) is 11.2 Å². The molecule has 0 amide bonds. The number of aldehydes is 1. The molecule has 7 radical (unpaired) electrons. The molecule has 7 nitrogen and oxygen atoms in total. The zero-order valence-electron chi connectivity index (χ0n) is 32.6. The normalized spacial score (nSPS) is 10.1. The van der Waals surface area contributed by atoms with E-state index in [9.17, 15) is 4.79 Å². The molecule has 0 bridgehead atoms. The summed E-state index contributed by atoms with van der Waals surface area (Å²) in [5, 5.41) is 34.9. The summed E-state index contributed by atoms with van der Waals surface area (Å²) in [6.07, 6.45) is 15.2. The van der Waals surface area contributed by atoms with Crippen molar-refractivity contribution in [2.75, 3.05) is 19.8 Å². The quantitative estimate of drug-likeness (QED) is 0.121. The maximum atomic E-state index is 10.5. The predicted molar refractivity (Wildman–Crippen MR) is 248 cm³/mol. The van der Waals surface area contributed by atoms with Gasteiger partial charge in [-0.2, -0.15) is 0 Å². The standard InChI is InChI=1S/C11H14O.C10H14O2.C10H12O2.C10H10.B4H6.B4H.Mn.2O/c1-2-10-6-3-4-7-11(10)8-5-9-12;2*11-7-3-6-9-4-1-2-5-10(9)8-12;1-2-6-10-8-4-3-7-9(10)5-1;1-4(2)3;1-3-4-2;;;/h2-4,6-7,12H,1,5,8-9H2;1-2,4-5,11-12H,3,6-8H2;1-2,4-5,8,11H,3,6-7H2;1-3,5-7H,4,8H2;1-2H3;3H;;;/q;;;;-2;;;;/i;;;;;3T;;;. The van der Waals surface area contributed by atoms with Gasteiger partial charge in [0.2, 0.25) is 0 Å². The molecule has 57 heavy (non-hydrogen) atoms. The fourth-order valence-electron chi connectivity index (χ4n) is 4.98. The van der Waals surface area contributed by atoms with Crippen molar-refractivity contribution in [3.05, 3.63) is 154 Å². The fraction of sp³-hybridized carbons (Fsp3) is 0.293. The summed E-state index contributed by atoms with van der Waals surface area (Å²) in [6, 6.07) is 31.9. The molecule has 0 heterocycles. The monoisotopic (exact) mass is 806 g/mol. The molecule has 4 aromatic rings. The van der Waals surface area contributed by atoms with E-state index in [1.165, 1.54) is 35.1 Å². The number of benzene rings is 4. The van der Waals surface area contributed by atoms with Crippen molar-refractivity contribution in [2.24, 2.45) is 0 Å². The number of aliphatic hydroxyl groups excluding tert-OH is 4. The number of fused-ring (bicyclic) bond motifs is 1. The summed E-state index contributed by atoms with van der Waals surface area (Å²) in [7, 11) is 16.4. The average molecular weight is 805 g/mol. The van der Waals surface area contributed by atoms with Gasteiger partial charge in [-0.25, -0.2) is 0 Å². The van der Waals surface area contributed by atoms with Crippen LogP contribution in [0.1, 0.15) is 75.0 Å². The molecular formula is C41H57B8MnO7-2. The van der Waals surface area contributed by atoms with E-state index in [2.05, 4.69) is 49.1 Å². The molecule has 296 valence electrons. The van der Waals surface area contributed by atoms with Crippen molar-refractivity contribution in [2.45, 2.75) is 58.0 Å². The summed E-state index contributed by atoms with van der Waals surface area (Å²) in [5.74, 6) is 0. The average Bonchev–Trinajstić information content (AvgIpc) is 3.25. The van der Waals surface area contributed by atoms with Gasteiger partial charge in [-0.15, -0.1) is 15.5 Å². The van der Waals surface area contributed by atoms with Crippen LogP contribution in [0, 0.1) is 0 Å². The van der Waals surface area contributed by atoms with Crippen LogP contribution in [0.2, 0.25) is 0 Å². The van der Waals surface area contributed by atoms with E-state index in [-0.39, 0.29) is 26.4 Å². The van der Waals surface area contributed by atoms with Gasteiger partial charge in [0.15, 0.2) is 0 Å². The molecule has 16 heteroatoms. The van der Waals surface area contributed by atoms with E-state index in [0.717, 1.165) is 74.1 Å². The molecule has 1 aliphatic carbocycles. The topological polar surface area (TPSA) is 132 Å². The Morgan fingerprint density at radius 2 is 1.18 bits per heavy atom. The summed E-state index contributed by atoms with van der Waals surface area (Å²) in [6.45, 7) is 4.46. The van der Waals surface area contributed by atoms with Crippen molar-refractivity contribution < 1.29 is 47.7 Å². The van der Waals surface area contributed by atoms with E-state index in [1.54, 1.807) is 6.07 Å². The van der Waals surface area contributed by atoms with E-state index < -0.39 is 21.8 Å². The minimum absolute atomic E-state index is 0.0849. The SMILES string of the molecule is C1=Cc2ccccc2CC1.C=Cc1ccccc1CCCO.O=Cc1ccccc1CCCO.OCCCc1ccccc1CO.[3H]B([B])[B][B].[B]B([BH3-])[BH3-].[O]=[Mn]=[O]. The molecule has 0 spiro atoms. The van der Waals surface area contributed by atoms with Crippen LogP contribution in [-0.2, 0) is 54.8 Å². The zero-order chi connectivity index (χ0) is 43.8. The van der Waals surface area contributed by atoms with Gasteiger partial charge in [-0.05, 0) is 91.6 Å². The number of carbonyl (C=O) groups is 1. The number of allylic oxidation sites excluding steroid dienone is 1. The van der Waals surface area contributed by atoms with E-state index >= 15 is 0 Å². The van der Waals surface area contributed by atoms with Gasteiger partial charge < -0.3 is 20.4 Å². The van der Waals surface area contributed by atoms with Gasteiger partial charge in [0.1, 0.15) is 6.29 Å². The Labute approximate surface area is 357 Å². The van der Waals surface area contributed by atoms with Gasteiger partial charge in [0, 0.05) is 54.9 Å². The number of rotatable bonds is 13. The van der Waals surface area contributed by atoms with Crippen LogP contribution in [0.5, 0.6) is 0 Å². The fourth-order valence-corrected chi connectivity index (χ4v) is 4.98. The number of hydrogen-bond donors (Lipinski definition) is 4. The van der Waals surface area contributed by atoms with Crippen LogP contribution >= 0.6 is 0 Å². The van der Waals surface area contributed by atoms with Gasteiger partial charge in [-0.1, -0.05) is 130 Å². The molecule has 1 aliphatic rings. The van der Waals surface area contributed by atoms with Gasteiger partial charge in [0.05, 0.1) is 6.61 Å². The number of hydrogen-bond acceptors (Lipinski definition) is 7. The molecule has 0 fully saturated rings. The Bertz CT molecular complexity index is 1640. The van der Waals surface area contributed by atoms with Crippen molar-refractivity contribution in [3.8, 4) is 0 Å². The third-order valence-electron chi connectivity index (χ3n) is 7.60. The van der Waals surface area contributed by atoms with Crippen molar-refractivity contribution in [1.29, 1.82) is 1.34 Å². The Balaban J connectivity index is 0. The Morgan fingerprint density at radius 1 is 0.772 bits per heavy atom. The first-order valence-corrected chi connectivity index (χ1v) is 18.7.